The third kappa shape index (κ3) is 2.42. The quantitative estimate of drug-likeness (QED) is 0.598. The summed E-state index contributed by atoms with van der Waals surface area (Å²) in [5.74, 6) is -0.0529. The maximum absolute atomic E-state index is 11.0. The van der Waals surface area contributed by atoms with E-state index < -0.39 is 0 Å². The van der Waals surface area contributed by atoms with Gasteiger partial charge in [-0.3, -0.25) is 20.3 Å². The van der Waals surface area contributed by atoms with E-state index in [9.17, 15) is 14.9 Å². The van der Waals surface area contributed by atoms with Crippen molar-refractivity contribution >= 4 is 11.6 Å². The predicted molar refractivity (Wildman–Crippen MR) is 61.1 cm³/mol. The van der Waals surface area contributed by atoms with Crippen LogP contribution >= 0.6 is 0 Å². The van der Waals surface area contributed by atoms with Crippen molar-refractivity contribution in [3.05, 3.63) is 39.4 Å². The Morgan fingerprint density at radius 2 is 2.24 bits per heavy atom. The van der Waals surface area contributed by atoms with Crippen LogP contribution in [0.4, 0.5) is 5.69 Å². The number of amides is 1. The van der Waals surface area contributed by atoms with Crippen molar-refractivity contribution in [2.24, 2.45) is 0 Å². The number of benzene rings is 1. The molecule has 17 heavy (non-hydrogen) atoms. The minimum Gasteiger partial charge on any atom is -0.291 e. The molecular formula is C11H13N3O3. The van der Waals surface area contributed by atoms with Gasteiger partial charge in [-0.1, -0.05) is 12.1 Å². The molecule has 1 aromatic rings. The van der Waals surface area contributed by atoms with Gasteiger partial charge in [0.2, 0.25) is 5.91 Å². The van der Waals surface area contributed by atoms with Gasteiger partial charge in [0.05, 0.1) is 11.0 Å². The van der Waals surface area contributed by atoms with Gasteiger partial charge in [-0.25, -0.2) is 5.43 Å². The summed E-state index contributed by atoms with van der Waals surface area (Å²) in [6, 6.07) is 5.07. The fraction of sp³-hybridized carbons (Fsp3) is 0.364. The molecule has 6 nitrogen and oxygen atoms in total. The lowest BCUT2D eigenvalue weighted by Crippen LogP contribution is -2.44. The van der Waals surface area contributed by atoms with E-state index in [-0.39, 0.29) is 22.6 Å². The molecule has 0 radical (unpaired) electrons. The number of carbonyl (C=O) groups is 1. The number of aryl methyl sites for hydroxylation is 1. The van der Waals surface area contributed by atoms with Crippen LogP contribution in [-0.4, -0.2) is 10.8 Å². The average molecular weight is 235 g/mol. The number of nitro benzene ring substituents is 1. The molecule has 0 spiro atoms. The van der Waals surface area contributed by atoms with Gasteiger partial charge in [-0.05, 0) is 18.9 Å². The number of nitrogens with zero attached hydrogens (tertiary/aromatic N) is 1. The molecule has 1 aliphatic heterocycles. The summed E-state index contributed by atoms with van der Waals surface area (Å²) in [5.41, 5.74) is 6.96. The van der Waals surface area contributed by atoms with E-state index in [1.165, 1.54) is 0 Å². The molecule has 0 saturated carbocycles. The summed E-state index contributed by atoms with van der Waals surface area (Å²) >= 11 is 0. The summed E-state index contributed by atoms with van der Waals surface area (Å²) in [7, 11) is 0. The molecule has 6 heteroatoms. The Hall–Kier alpha value is -1.95. The minimum atomic E-state index is -0.389. The molecule has 1 unspecified atom stereocenters. The summed E-state index contributed by atoms with van der Waals surface area (Å²) in [5, 5.41) is 10.8. The minimum absolute atomic E-state index is 0.0529. The number of hydrazine groups is 1. The lowest BCUT2D eigenvalue weighted by molar-refractivity contribution is -0.385. The highest BCUT2D eigenvalue weighted by atomic mass is 16.6. The van der Waals surface area contributed by atoms with Crippen molar-refractivity contribution in [1.82, 2.24) is 10.9 Å². The molecule has 0 aliphatic carbocycles. The lowest BCUT2D eigenvalue weighted by Gasteiger charge is -2.24. The van der Waals surface area contributed by atoms with Crippen LogP contribution in [0.1, 0.15) is 30.0 Å². The number of hydrogen-bond donors (Lipinski definition) is 2. The highest BCUT2D eigenvalue weighted by Gasteiger charge is 2.21. The van der Waals surface area contributed by atoms with Gasteiger partial charge >= 0.3 is 0 Å². The molecule has 0 aromatic heterocycles. The zero-order valence-electron chi connectivity index (χ0n) is 9.40. The first-order chi connectivity index (χ1) is 8.08. The first kappa shape index (κ1) is 11.5. The van der Waals surface area contributed by atoms with E-state index in [0.717, 1.165) is 5.56 Å². The molecule has 0 bridgehead atoms. The number of nitro groups is 1. The summed E-state index contributed by atoms with van der Waals surface area (Å²) in [4.78, 5) is 21.4. The molecule has 2 rings (SSSR count). The first-order valence-corrected chi connectivity index (χ1v) is 5.37. The number of rotatable bonds is 2. The Balaban J connectivity index is 2.24. The third-order valence-electron chi connectivity index (χ3n) is 2.88. The lowest BCUT2D eigenvalue weighted by atomic mass is 9.99. The zero-order valence-corrected chi connectivity index (χ0v) is 9.40. The summed E-state index contributed by atoms with van der Waals surface area (Å²) in [6.07, 6.45) is 1.07. The van der Waals surface area contributed by atoms with Crippen molar-refractivity contribution in [1.29, 1.82) is 0 Å². The monoisotopic (exact) mass is 235 g/mol. The SMILES string of the molecule is Cc1ccc(C2CCC(=O)NN2)cc1[N+](=O)[O-]. The van der Waals surface area contributed by atoms with E-state index in [4.69, 9.17) is 0 Å². The predicted octanol–water partition coefficient (Wildman–Crippen LogP) is 1.36. The van der Waals surface area contributed by atoms with Crippen molar-refractivity contribution in [3.63, 3.8) is 0 Å². The number of hydrogen-bond acceptors (Lipinski definition) is 4. The Labute approximate surface area is 98.1 Å². The highest BCUT2D eigenvalue weighted by Crippen LogP contribution is 2.26. The molecule has 1 saturated heterocycles. The van der Waals surface area contributed by atoms with Gasteiger partial charge in [-0.2, -0.15) is 0 Å². The zero-order chi connectivity index (χ0) is 12.4. The number of carbonyl (C=O) groups excluding carboxylic acids is 1. The van der Waals surface area contributed by atoms with E-state index >= 15 is 0 Å². The van der Waals surface area contributed by atoms with Crippen molar-refractivity contribution in [2.45, 2.75) is 25.8 Å². The standard InChI is InChI=1S/C11H13N3O3/c1-7-2-3-8(6-10(7)14(16)17)9-4-5-11(15)13-12-9/h2-3,6,9,12H,4-5H2,1H3,(H,13,15). The van der Waals surface area contributed by atoms with Gasteiger partial charge in [0.15, 0.2) is 0 Å². The molecule has 2 N–H and O–H groups in total. The Kier molecular flexibility index (Phi) is 3.06. The van der Waals surface area contributed by atoms with Crippen LogP contribution in [0.5, 0.6) is 0 Å². The topological polar surface area (TPSA) is 84.3 Å². The maximum Gasteiger partial charge on any atom is 0.272 e. The molecule has 1 amide bonds. The van der Waals surface area contributed by atoms with Gasteiger partial charge in [0, 0.05) is 18.1 Å². The first-order valence-electron chi connectivity index (χ1n) is 5.37. The second kappa shape index (κ2) is 4.50. The molecule has 1 fully saturated rings. The maximum atomic E-state index is 11.0. The average Bonchev–Trinajstić information content (AvgIpc) is 2.30. The summed E-state index contributed by atoms with van der Waals surface area (Å²) in [6.45, 7) is 1.71. The van der Waals surface area contributed by atoms with E-state index in [0.29, 0.717) is 18.4 Å². The van der Waals surface area contributed by atoms with Gasteiger partial charge in [0.1, 0.15) is 0 Å². The normalized spacial score (nSPS) is 19.8. The molecule has 90 valence electrons. The fourth-order valence-corrected chi connectivity index (χ4v) is 1.87. The molecule has 1 atom stereocenters. The van der Waals surface area contributed by atoms with Crippen LogP contribution in [0, 0.1) is 17.0 Å². The molecular weight excluding hydrogens is 222 g/mol. The van der Waals surface area contributed by atoms with Crippen molar-refractivity contribution in [2.75, 3.05) is 0 Å². The Morgan fingerprint density at radius 1 is 1.47 bits per heavy atom. The second-order valence-corrected chi connectivity index (χ2v) is 4.09. The van der Waals surface area contributed by atoms with E-state index in [1.807, 2.05) is 6.07 Å². The van der Waals surface area contributed by atoms with Crippen molar-refractivity contribution < 1.29 is 9.72 Å². The van der Waals surface area contributed by atoms with Crippen LogP contribution in [-0.2, 0) is 4.79 Å². The number of nitrogens with one attached hydrogen (secondary N) is 2. The second-order valence-electron chi connectivity index (χ2n) is 4.09. The Bertz CT molecular complexity index is 463. The van der Waals surface area contributed by atoms with Crippen LogP contribution in [0.25, 0.3) is 0 Å². The van der Waals surface area contributed by atoms with Gasteiger partial charge in [0.25, 0.3) is 5.69 Å². The highest BCUT2D eigenvalue weighted by molar-refractivity contribution is 5.76. The molecule has 1 heterocycles. The van der Waals surface area contributed by atoms with E-state index in [2.05, 4.69) is 10.9 Å². The molecule has 1 aliphatic rings. The van der Waals surface area contributed by atoms with Crippen LogP contribution in [0.3, 0.4) is 0 Å². The fourth-order valence-electron chi connectivity index (χ4n) is 1.87. The van der Waals surface area contributed by atoms with E-state index in [1.54, 1.807) is 19.1 Å². The largest absolute Gasteiger partial charge is 0.291 e. The van der Waals surface area contributed by atoms with Crippen LogP contribution < -0.4 is 10.9 Å². The third-order valence-corrected chi connectivity index (χ3v) is 2.88. The van der Waals surface area contributed by atoms with Crippen LogP contribution in [0.15, 0.2) is 18.2 Å². The van der Waals surface area contributed by atoms with Crippen LogP contribution in [0.2, 0.25) is 0 Å². The summed E-state index contributed by atoms with van der Waals surface area (Å²) < 4.78 is 0. The smallest absolute Gasteiger partial charge is 0.272 e. The molecule has 1 aromatic carbocycles. The van der Waals surface area contributed by atoms with Crippen molar-refractivity contribution in [3.8, 4) is 0 Å². The Morgan fingerprint density at radius 3 is 2.82 bits per heavy atom. The van der Waals surface area contributed by atoms with Gasteiger partial charge < -0.3 is 0 Å². The van der Waals surface area contributed by atoms with Gasteiger partial charge in [-0.15, -0.1) is 0 Å².